The molecular weight excluding hydrogens is 134 g/mol. The van der Waals surface area contributed by atoms with Gasteiger partial charge in [-0.1, -0.05) is 6.58 Å². The molecule has 0 aromatic rings. The van der Waals surface area contributed by atoms with Crippen molar-refractivity contribution < 1.29 is 14.6 Å². The Balaban J connectivity index is 3.96. The maximum Gasteiger partial charge on any atom is 0.337 e. The lowest BCUT2D eigenvalue weighted by Crippen LogP contribution is -2.14. The molecule has 0 radical (unpaired) electrons. The smallest absolute Gasteiger partial charge is 0.337 e. The quantitative estimate of drug-likeness (QED) is 0.439. The van der Waals surface area contributed by atoms with Gasteiger partial charge >= 0.3 is 5.97 Å². The fraction of sp³-hybridized carbons (Fsp3) is 0.333. The number of aliphatic carboxylic acids is 1. The molecule has 0 aliphatic carbocycles. The van der Waals surface area contributed by atoms with Crippen molar-refractivity contribution in [3.8, 4) is 0 Å². The van der Waals surface area contributed by atoms with Crippen LogP contribution in [-0.4, -0.2) is 30.5 Å². The zero-order chi connectivity index (χ0) is 8.15. The Hall–Kier alpha value is -1.16. The molecule has 0 saturated carbocycles. The minimum Gasteiger partial charge on any atom is -0.478 e. The fourth-order valence-corrected chi connectivity index (χ4v) is 0.361. The Bertz CT molecular complexity index is 174. The summed E-state index contributed by atoms with van der Waals surface area (Å²) >= 11 is 0. The van der Waals surface area contributed by atoms with E-state index >= 15 is 0 Å². The predicted octanol–water partition coefficient (Wildman–Crippen LogP) is 0.293. The highest BCUT2D eigenvalue weighted by atomic mass is 16.5. The van der Waals surface area contributed by atoms with Crippen molar-refractivity contribution in [2.45, 2.75) is 0 Å². The van der Waals surface area contributed by atoms with E-state index in [-0.39, 0.29) is 17.9 Å². The number of hydrogen-bond acceptors (Lipinski definition) is 3. The van der Waals surface area contributed by atoms with Gasteiger partial charge in [0.15, 0.2) is 0 Å². The Morgan fingerprint density at radius 1 is 1.80 bits per heavy atom. The molecule has 4 nitrogen and oxygen atoms in total. The van der Waals surface area contributed by atoms with Gasteiger partial charge in [0.2, 0.25) is 0 Å². The number of hydrogen-bond donors (Lipinski definition) is 2. The molecule has 10 heavy (non-hydrogen) atoms. The van der Waals surface area contributed by atoms with Gasteiger partial charge in [-0.15, -0.1) is 0 Å². The van der Waals surface area contributed by atoms with Gasteiger partial charge in [0, 0.05) is 7.11 Å². The SMILES string of the molecule is C=C(C(=N)COC)C(=O)O. The summed E-state index contributed by atoms with van der Waals surface area (Å²) in [6.45, 7) is 3.16. The molecule has 0 aromatic heterocycles. The summed E-state index contributed by atoms with van der Waals surface area (Å²) in [6.07, 6.45) is 0. The summed E-state index contributed by atoms with van der Waals surface area (Å²) in [5.41, 5.74) is -0.322. The first-order valence-electron chi connectivity index (χ1n) is 2.58. The van der Waals surface area contributed by atoms with E-state index in [1.807, 2.05) is 0 Å². The first-order valence-corrected chi connectivity index (χ1v) is 2.58. The van der Waals surface area contributed by atoms with Crippen molar-refractivity contribution in [1.29, 1.82) is 5.41 Å². The van der Waals surface area contributed by atoms with E-state index in [0.29, 0.717) is 0 Å². The van der Waals surface area contributed by atoms with Crippen LogP contribution in [0.5, 0.6) is 0 Å². The van der Waals surface area contributed by atoms with Crippen LogP contribution in [0.4, 0.5) is 0 Å². The van der Waals surface area contributed by atoms with Crippen molar-refractivity contribution in [2.75, 3.05) is 13.7 Å². The van der Waals surface area contributed by atoms with Crippen molar-refractivity contribution in [3.05, 3.63) is 12.2 Å². The molecule has 0 spiro atoms. The number of nitrogens with one attached hydrogen (secondary N) is 1. The van der Waals surface area contributed by atoms with Crippen LogP contribution in [-0.2, 0) is 9.53 Å². The molecule has 0 aliphatic heterocycles. The zero-order valence-corrected chi connectivity index (χ0v) is 5.68. The van der Waals surface area contributed by atoms with Gasteiger partial charge in [-0.3, -0.25) is 0 Å². The van der Waals surface area contributed by atoms with E-state index in [2.05, 4.69) is 11.3 Å². The van der Waals surface area contributed by atoms with E-state index in [9.17, 15) is 4.79 Å². The molecule has 0 saturated heterocycles. The molecule has 2 N–H and O–H groups in total. The van der Waals surface area contributed by atoms with Crippen LogP contribution >= 0.6 is 0 Å². The van der Waals surface area contributed by atoms with Crippen LogP contribution in [0.15, 0.2) is 12.2 Å². The molecular formula is C6H9NO3. The predicted molar refractivity (Wildman–Crippen MR) is 36.4 cm³/mol. The largest absolute Gasteiger partial charge is 0.478 e. The highest BCUT2D eigenvalue weighted by Crippen LogP contribution is 1.92. The maximum absolute atomic E-state index is 10.1. The van der Waals surface area contributed by atoms with Crippen molar-refractivity contribution in [1.82, 2.24) is 0 Å². The maximum atomic E-state index is 10.1. The molecule has 4 heteroatoms. The van der Waals surface area contributed by atoms with E-state index < -0.39 is 5.97 Å². The van der Waals surface area contributed by atoms with Crippen LogP contribution in [0.25, 0.3) is 0 Å². The van der Waals surface area contributed by atoms with Crippen LogP contribution in [0.3, 0.4) is 0 Å². The number of ether oxygens (including phenoxy) is 1. The first kappa shape index (κ1) is 8.84. The van der Waals surface area contributed by atoms with Gasteiger partial charge in [0.25, 0.3) is 0 Å². The molecule has 0 fully saturated rings. The van der Waals surface area contributed by atoms with E-state index in [0.717, 1.165) is 0 Å². The minimum absolute atomic E-state index is 0.00880. The average molecular weight is 143 g/mol. The lowest BCUT2D eigenvalue weighted by atomic mass is 10.2. The van der Waals surface area contributed by atoms with Gasteiger partial charge in [-0.25, -0.2) is 4.79 Å². The van der Waals surface area contributed by atoms with Crippen molar-refractivity contribution in [2.24, 2.45) is 0 Å². The normalized spacial score (nSPS) is 8.90. The van der Waals surface area contributed by atoms with E-state index in [1.165, 1.54) is 7.11 Å². The second-order valence-corrected chi connectivity index (χ2v) is 1.70. The van der Waals surface area contributed by atoms with Crippen LogP contribution < -0.4 is 0 Å². The lowest BCUT2D eigenvalue weighted by molar-refractivity contribution is -0.132. The summed E-state index contributed by atoms with van der Waals surface area (Å²) in [5.74, 6) is -1.18. The molecule has 0 unspecified atom stereocenters. The molecule has 56 valence electrons. The number of methoxy groups -OCH3 is 1. The third kappa shape index (κ3) is 2.41. The molecule has 0 amide bonds. The lowest BCUT2D eigenvalue weighted by Gasteiger charge is -1.99. The summed E-state index contributed by atoms with van der Waals surface area (Å²) in [7, 11) is 1.39. The standard InChI is InChI=1S/C6H9NO3/c1-4(6(8)9)5(7)3-10-2/h7H,1,3H2,2H3,(H,8,9). The Kier molecular flexibility index (Phi) is 3.35. The van der Waals surface area contributed by atoms with Gasteiger partial charge in [-0.05, 0) is 0 Å². The van der Waals surface area contributed by atoms with Gasteiger partial charge in [0.1, 0.15) is 0 Å². The second kappa shape index (κ2) is 3.79. The first-order chi connectivity index (χ1) is 4.59. The minimum atomic E-state index is -1.18. The number of carbonyl (C=O) groups is 1. The molecule has 0 heterocycles. The summed E-state index contributed by atoms with van der Waals surface area (Å²) < 4.78 is 4.53. The highest BCUT2D eigenvalue weighted by Gasteiger charge is 2.08. The second-order valence-electron chi connectivity index (χ2n) is 1.70. The molecule has 0 aromatic carbocycles. The van der Waals surface area contributed by atoms with E-state index in [4.69, 9.17) is 10.5 Å². The molecule has 0 bridgehead atoms. The highest BCUT2D eigenvalue weighted by molar-refractivity contribution is 6.17. The van der Waals surface area contributed by atoms with Gasteiger partial charge < -0.3 is 15.3 Å². The summed E-state index contributed by atoms with van der Waals surface area (Å²) in [6, 6.07) is 0. The fourth-order valence-electron chi connectivity index (χ4n) is 0.361. The number of carboxylic acid groups (broad SMARTS) is 1. The zero-order valence-electron chi connectivity index (χ0n) is 5.68. The number of carboxylic acids is 1. The van der Waals surface area contributed by atoms with Gasteiger partial charge in [0.05, 0.1) is 17.9 Å². The van der Waals surface area contributed by atoms with E-state index in [1.54, 1.807) is 0 Å². The average Bonchev–Trinajstić information content (AvgIpc) is 1.87. The Morgan fingerprint density at radius 2 is 2.30 bits per heavy atom. The van der Waals surface area contributed by atoms with Crippen molar-refractivity contribution >= 4 is 11.7 Å². The van der Waals surface area contributed by atoms with Gasteiger partial charge in [-0.2, -0.15) is 0 Å². The van der Waals surface area contributed by atoms with Crippen molar-refractivity contribution in [3.63, 3.8) is 0 Å². The third-order valence-electron chi connectivity index (χ3n) is 0.911. The van der Waals surface area contributed by atoms with Crippen LogP contribution in [0.2, 0.25) is 0 Å². The Labute approximate surface area is 58.6 Å². The molecule has 0 aliphatic rings. The third-order valence-corrected chi connectivity index (χ3v) is 0.911. The topological polar surface area (TPSA) is 70.4 Å². The molecule has 0 atom stereocenters. The monoisotopic (exact) mass is 143 g/mol. The Morgan fingerprint density at radius 3 is 2.60 bits per heavy atom. The van der Waals surface area contributed by atoms with Crippen LogP contribution in [0.1, 0.15) is 0 Å². The summed E-state index contributed by atoms with van der Waals surface area (Å²) in [4.78, 5) is 10.1. The molecule has 0 rings (SSSR count). The summed E-state index contributed by atoms with van der Waals surface area (Å²) in [5, 5.41) is 15.3. The van der Waals surface area contributed by atoms with Crippen LogP contribution in [0, 0.1) is 5.41 Å². The number of rotatable bonds is 4.